The molecule has 1 atom stereocenters. The van der Waals surface area contributed by atoms with E-state index < -0.39 is 0 Å². The van der Waals surface area contributed by atoms with Crippen LogP contribution < -0.4 is 5.31 Å². The lowest BCUT2D eigenvalue weighted by molar-refractivity contribution is 0.398. The Balaban J connectivity index is 1.84. The zero-order valence-corrected chi connectivity index (χ0v) is 10.6. The fourth-order valence-electron chi connectivity index (χ4n) is 2.27. The van der Waals surface area contributed by atoms with E-state index in [0.29, 0.717) is 5.82 Å². The van der Waals surface area contributed by atoms with E-state index in [1.165, 1.54) is 5.56 Å². The predicted octanol–water partition coefficient (Wildman–Crippen LogP) is 2.59. The van der Waals surface area contributed by atoms with Crippen molar-refractivity contribution in [2.75, 3.05) is 6.54 Å². The lowest BCUT2D eigenvalue weighted by atomic mass is 10.0. The summed E-state index contributed by atoms with van der Waals surface area (Å²) in [6.45, 7) is 2.87. The van der Waals surface area contributed by atoms with Crippen molar-refractivity contribution in [3.8, 4) is 11.4 Å². The molecule has 0 radical (unpaired) electrons. The minimum atomic E-state index is 0.0560. The van der Waals surface area contributed by atoms with Crippen molar-refractivity contribution in [2.24, 2.45) is 0 Å². The maximum atomic E-state index is 7.95. The molecule has 1 fully saturated rings. The van der Waals surface area contributed by atoms with Gasteiger partial charge in [0.1, 0.15) is 7.24 Å². The molecule has 94 valence electrons. The van der Waals surface area contributed by atoms with Crippen LogP contribution in [0.15, 0.2) is 24.3 Å². The molecule has 0 spiro atoms. The van der Waals surface area contributed by atoms with Crippen LogP contribution in [-0.4, -0.2) is 21.7 Å². The average molecular weight is 243 g/mol. The monoisotopic (exact) mass is 243 g/mol. The minimum Gasteiger partial charge on any atom is -0.307 e. The van der Waals surface area contributed by atoms with E-state index in [2.05, 4.69) is 34.2 Å². The minimum absolute atomic E-state index is 0.0560. The third-order valence-electron chi connectivity index (χ3n) is 3.36. The number of H-pyrrole nitrogens is 1. The Bertz CT molecular complexity index is 549. The van der Waals surface area contributed by atoms with Crippen LogP contribution in [0.2, 0.25) is 1.41 Å². The van der Waals surface area contributed by atoms with E-state index in [4.69, 9.17) is 1.41 Å². The highest BCUT2D eigenvalue weighted by molar-refractivity contribution is 5.54. The number of hydrogen-bond acceptors (Lipinski definition) is 3. The smallest absolute Gasteiger partial charge is 0.181 e. The van der Waals surface area contributed by atoms with Crippen LogP contribution >= 0.6 is 0 Å². The van der Waals surface area contributed by atoms with Gasteiger partial charge in [0.15, 0.2) is 5.82 Å². The lowest BCUT2D eigenvalue weighted by Gasteiger charge is -2.20. The first-order valence-electron chi connectivity index (χ1n) is 6.93. The molecule has 0 aliphatic carbocycles. The second-order valence-corrected chi connectivity index (χ2v) is 4.83. The summed E-state index contributed by atoms with van der Waals surface area (Å²) >= 11 is 0. The molecule has 2 aromatic rings. The highest BCUT2D eigenvalue weighted by Crippen LogP contribution is 2.22. The molecule has 1 aliphatic rings. The molecule has 2 N–H and O–H groups in total. The summed E-state index contributed by atoms with van der Waals surface area (Å²) in [5.41, 5.74) is 2.24. The summed E-state index contributed by atoms with van der Waals surface area (Å²) in [4.78, 5) is 4.56. The van der Waals surface area contributed by atoms with Crippen molar-refractivity contribution in [2.45, 2.75) is 32.2 Å². The zero-order valence-electron chi connectivity index (χ0n) is 11.6. The summed E-state index contributed by atoms with van der Waals surface area (Å²) in [6.07, 6.45) is 3.23. The fourth-order valence-corrected chi connectivity index (χ4v) is 2.27. The average Bonchev–Trinajstić information content (AvgIpc) is 2.89. The van der Waals surface area contributed by atoms with E-state index >= 15 is 0 Å². The maximum Gasteiger partial charge on any atom is 0.181 e. The first kappa shape index (κ1) is 10.3. The summed E-state index contributed by atoms with van der Waals surface area (Å²) < 4.78 is 7.95. The molecule has 18 heavy (non-hydrogen) atoms. The van der Waals surface area contributed by atoms with Crippen LogP contribution in [0.1, 0.15) is 36.7 Å². The molecular weight excluding hydrogens is 224 g/mol. The zero-order chi connectivity index (χ0) is 13.2. The summed E-state index contributed by atoms with van der Waals surface area (Å²) in [5.74, 6) is 1.53. The first-order valence-corrected chi connectivity index (χ1v) is 6.49. The largest absolute Gasteiger partial charge is 0.307 e. The Labute approximate surface area is 108 Å². The second-order valence-electron chi connectivity index (χ2n) is 4.83. The van der Waals surface area contributed by atoms with Gasteiger partial charge in [-0.05, 0) is 26.3 Å². The lowest BCUT2D eigenvalue weighted by Crippen LogP contribution is -2.27. The van der Waals surface area contributed by atoms with Gasteiger partial charge in [-0.2, -0.15) is 5.10 Å². The van der Waals surface area contributed by atoms with Gasteiger partial charge in [0.25, 0.3) is 0 Å². The van der Waals surface area contributed by atoms with Crippen molar-refractivity contribution in [1.29, 1.82) is 0 Å². The highest BCUT2D eigenvalue weighted by Gasteiger charge is 2.18. The molecule has 0 amide bonds. The van der Waals surface area contributed by atoms with E-state index in [9.17, 15) is 0 Å². The Hall–Kier alpha value is -1.68. The quantitative estimate of drug-likeness (QED) is 0.852. The van der Waals surface area contributed by atoms with E-state index in [0.717, 1.165) is 37.2 Å². The summed E-state index contributed by atoms with van der Waals surface area (Å²) in [5, 5.41) is 8.89. The number of aromatic nitrogens is 3. The van der Waals surface area contributed by atoms with Crippen molar-refractivity contribution in [3.63, 3.8) is 0 Å². The van der Waals surface area contributed by atoms with Gasteiger partial charge in [0.05, 0.1) is 6.04 Å². The Morgan fingerprint density at radius 3 is 2.89 bits per heavy atom. The summed E-state index contributed by atoms with van der Waals surface area (Å²) in [7, 11) is 0. The molecule has 2 heterocycles. The van der Waals surface area contributed by atoms with Crippen molar-refractivity contribution in [3.05, 3.63) is 35.7 Å². The normalized spacial score (nSPS) is 21.8. The number of piperidine rings is 1. The molecule has 4 nitrogen and oxygen atoms in total. The van der Waals surface area contributed by atoms with Crippen molar-refractivity contribution in [1.82, 2.24) is 20.5 Å². The van der Waals surface area contributed by atoms with Crippen molar-refractivity contribution >= 4 is 0 Å². The highest BCUT2D eigenvalue weighted by atomic mass is 15.2. The molecule has 1 unspecified atom stereocenters. The number of aromatic amines is 1. The van der Waals surface area contributed by atoms with E-state index in [-0.39, 0.29) is 6.04 Å². The number of nitrogens with zero attached hydrogens (tertiary/aromatic N) is 2. The Morgan fingerprint density at radius 1 is 1.28 bits per heavy atom. The molecule has 1 aromatic carbocycles. The van der Waals surface area contributed by atoms with Gasteiger partial charge in [0, 0.05) is 5.56 Å². The number of benzene rings is 1. The van der Waals surface area contributed by atoms with Gasteiger partial charge in [-0.3, -0.25) is 5.10 Å². The third-order valence-corrected chi connectivity index (χ3v) is 3.36. The standard InChI is InChI=1S/C14H18N4/c1-10-5-7-11(8-6-10)13-16-14(18-17-13)12-4-2-3-9-15-12/h5-8,12,15H,2-4,9H2,1H3,(H,16,17,18)/i/hD. The van der Waals surface area contributed by atoms with Crippen LogP contribution in [0.5, 0.6) is 0 Å². The van der Waals surface area contributed by atoms with Gasteiger partial charge >= 0.3 is 0 Å². The fraction of sp³-hybridized carbons (Fsp3) is 0.429. The van der Waals surface area contributed by atoms with Crippen molar-refractivity contribution < 1.29 is 1.41 Å². The van der Waals surface area contributed by atoms with Gasteiger partial charge < -0.3 is 5.31 Å². The van der Waals surface area contributed by atoms with Gasteiger partial charge in [-0.15, -0.1) is 0 Å². The topological polar surface area (TPSA) is 53.6 Å². The molecule has 4 heteroatoms. The molecule has 1 saturated heterocycles. The van der Waals surface area contributed by atoms with E-state index in [1.807, 2.05) is 12.1 Å². The number of aryl methyl sites for hydroxylation is 1. The van der Waals surface area contributed by atoms with Crippen LogP contribution in [0.4, 0.5) is 0 Å². The molecule has 0 bridgehead atoms. The number of hydrogen-bond donors (Lipinski definition) is 2. The van der Waals surface area contributed by atoms with Gasteiger partial charge in [-0.1, -0.05) is 36.2 Å². The Morgan fingerprint density at radius 2 is 2.11 bits per heavy atom. The molecule has 1 aliphatic heterocycles. The molecule has 1 aromatic heterocycles. The van der Waals surface area contributed by atoms with Crippen LogP contribution in [0.25, 0.3) is 11.4 Å². The van der Waals surface area contributed by atoms with Crippen LogP contribution in [-0.2, 0) is 0 Å². The number of nitrogens with one attached hydrogen (secondary N) is 2. The SMILES string of the molecule is [2H]N1CCCCC1c1nc(-c2ccc(C)cc2)n[nH]1. The van der Waals surface area contributed by atoms with Gasteiger partial charge in [0.2, 0.25) is 0 Å². The van der Waals surface area contributed by atoms with Crippen LogP contribution in [0.3, 0.4) is 0 Å². The molecular formula is C14H18N4. The predicted molar refractivity (Wildman–Crippen MR) is 71.2 cm³/mol. The van der Waals surface area contributed by atoms with Gasteiger partial charge in [-0.25, -0.2) is 4.98 Å². The maximum absolute atomic E-state index is 7.95. The Kier molecular flexibility index (Phi) is 2.79. The van der Waals surface area contributed by atoms with E-state index in [1.54, 1.807) is 5.31 Å². The first-order chi connectivity index (χ1) is 9.24. The second kappa shape index (κ2) is 4.90. The van der Waals surface area contributed by atoms with Crippen LogP contribution in [0, 0.1) is 6.92 Å². The molecule has 0 saturated carbocycles. The number of rotatable bonds is 2. The summed E-state index contributed by atoms with van der Waals surface area (Å²) in [6, 6.07) is 8.23. The molecule has 3 rings (SSSR count). The third kappa shape index (κ3) is 2.29.